The van der Waals surface area contributed by atoms with Gasteiger partial charge in [0.15, 0.2) is 0 Å². The number of hydrogen-bond donors (Lipinski definition) is 1. The van der Waals surface area contributed by atoms with Crippen LogP contribution in [-0.2, 0) is 6.54 Å². The smallest absolute Gasteiger partial charge is 0.142 e. The van der Waals surface area contributed by atoms with Crippen molar-refractivity contribution >= 4 is 5.69 Å². The van der Waals surface area contributed by atoms with E-state index in [1.54, 1.807) is 6.07 Å². The monoisotopic (exact) mass is 336 g/mol. The Bertz CT molecular complexity index is 718. The van der Waals surface area contributed by atoms with Crippen LogP contribution in [0.4, 0.5) is 5.69 Å². The summed E-state index contributed by atoms with van der Waals surface area (Å²) in [4.78, 5) is 6.85. The van der Waals surface area contributed by atoms with Crippen molar-refractivity contribution in [3.05, 3.63) is 53.9 Å². The Balaban J connectivity index is 1.58. The Labute approximate surface area is 149 Å². The maximum atomic E-state index is 9.13. The summed E-state index contributed by atoms with van der Waals surface area (Å²) in [5.74, 6) is 0.817. The second-order valence-electron chi connectivity index (χ2n) is 6.27. The first-order valence-electron chi connectivity index (χ1n) is 8.84. The third kappa shape index (κ3) is 4.71. The molecule has 0 aliphatic carbocycles. The van der Waals surface area contributed by atoms with E-state index < -0.39 is 0 Å². The molecule has 130 valence electrons. The van der Waals surface area contributed by atoms with Crippen molar-refractivity contribution in [2.75, 3.05) is 25.0 Å². The van der Waals surface area contributed by atoms with Crippen LogP contribution in [0.1, 0.15) is 31.0 Å². The lowest BCUT2D eigenvalue weighted by molar-refractivity contribution is 0.209. The topological polar surface area (TPSA) is 61.2 Å². The summed E-state index contributed by atoms with van der Waals surface area (Å²) in [6.45, 7) is 5.56. The molecule has 1 aromatic carbocycles. The molecule has 5 nitrogen and oxygen atoms in total. The number of nitrogens with zero attached hydrogens (tertiary/aromatic N) is 3. The predicted octanol–water partition coefficient (Wildman–Crippen LogP) is 3.43. The third-order valence-corrected chi connectivity index (χ3v) is 4.47. The largest absolute Gasteiger partial charge is 0.492 e. The van der Waals surface area contributed by atoms with Crippen LogP contribution in [0.25, 0.3) is 0 Å². The molecule has 0 spiro atoms. The fourth-order valence-electron chi connectivity index (χ4n) is 3.17. The van der Waals surface area contributed by atoms with Crippen molar-refractivity contribution in [2.45, 2.75) is 32.4 Å². The molecule has 1 aliphatic rings. The molecular weight excluding hydrogens is 312 g/mol. The molecule has 0 radical (unpaired) electrons. The molecule has 0 unspecified atom stereocenters. The maximum absolute atomic E-state index is 9.13. The average Bonchev–Trinajstić information content (AvgIpc) is 2.66. The van der Waals surface area contributed by atoms with Crippen LogP contribution in [0.5, 0.6) is 5.75 Å². The number of nitrogens with one attached hydrogen (secondary N) is 1. The molecule has 5 heteroatoms. The molecule has 1 N–H and O–H groups in total. The van der Waals surface area contributed by atoms with Gasteiger partial charge in [0.1, 0.15) is 5.75 Å². The number of nitriles is 1. The minimum absolute atomic E-state index is 0.396. The fourth-order valence-corrected chi connectivity index (χ4v) is 3.17. The Morgan fingerprint density at radius 3 is 2.80 bits per heavy atom. The molecule has 0 saturated carbocycles. The molecule has 1 aromatic heterocycles. The summed E-state index contributed by atoms with van der Waals surface area (Å²) in [5, 5.41) is 12.7. The Hall–Kier alpha value is -2.58. The summed E-state index contributed by atoms with van der Waals surface area (Å²) < 4.78 is 5.69. The van der Waals surface area contributed by atoms with Gasteiger partial charge in [-0.2, -0.15) is 5.26 Å². The number of benzene rings is 1. The zero-order valence-corrected chi connectivity index (χ0v) is 14.6. The number of hydrogen-bond acceptors (Lipinski definition) is 5. The summed E-state index contributed by atoms with van der Waals surface area (Å²) in [6.07, 6.45) is 3.98. The van der Waals surface area contributed by atoms with Gasteiger partial charge in [-0.15, -0.1) is 0 Å². The highest BCUT2D eigenvalue weighted by Gasteiger charge is 2.20. The van der Waals surface area contributed by atoms with E-state index in [2.05, 4.69) is 27.3 Å². The Morgan fingerprint density at radius 1 is 1.28 bits per heavy atom. The van der Waals surface area contributed by atoms with Crippen LogP contribution in [0.2, 0.25) is 0 Å². The van der Waals surface area contributed by atoms with Gasteiger partial charge < -0.3 is 10.1 Å². The summed E-state index contributed by atoms with van der Waals surface area (Å²) >= 11 is 0. The number of rotatable bonds is 6. The van der Waals surface area contributed by atoms with Crippen molar-refractivity contribution in [2.24, 2.45) is 0 Å². The zero-order valence-electron chi connectivity index (χ0n) is 14.6. The first kappa shape index (κ1) is 17.2. The minimum atomic E-state index is 0.396. The quantitative estimate of drug-likeness (QED) is 0.876. The van der Waals surface area contributed by atoms with Crippen LogP contribution in [0.15, 0.2) is 42.6 Å². The van der Waals surface area contributed by atoms with Gasteiger partial charge in [0.05, 0.1) is 29.6 Å². The van der Waals surface area contributed by atoms with Gasteiger partial charge in [-0.3, -0.25) is 9.88 Å². The second kappa shape index (κ2) is 8.50. The van der Waals surface area contributed by atoms with Gasteiger partial charge in [-0.25, -0.2) is 0 Å². The molecule has 25 heavy (non-hydrogen) atoms. The van der Waals surface area contributed by atoms with E-state index in [-0.39, 0.29) is 0 Å². The fraction of sp³-hybridized carbons (Fsp3) is 0.400. The first-order valence-corrected chi connectivity index (χ1v) is 8.84. The lowest BCUT2D eigenvalue weighted by atomic mass is 10.0. The average molecular weight is 336 g/mol. The molecule has 2 aromatic rings. The highest BCUT2D eigenvalue weighted by molar-refractivity contribution is 5.60. The molecule has 3 rings (SSSR count). The van der Waals surface area contributed by atoms with Gasteiger partial charge in [0, 0.05) is 31.9 Å². The molecule has 0 atom stereocenters. The van der Waals surface area contributed by atoms with Crippen molar-refractivity contribution in [1.82, 2.24) is 9.88 Å². The van der Waals surface area contributed by atoms with Gasteiger partial charge >= 0.3 is 0 Å². The minimum Gasteiger partial charge on any atom is -0.492 e. The van der Waals surface area contributed by atoms with Crippen LogP contribution in [-0.4, -0.2) is 35.6 Å². The van der Waals surface area contributed by atoms with Crippen LogP contribution in [0.3, 0.4) is 0 Å². The van der Waals surface area contributed by atoms with Gasteiger partial charge in [-0.1, -0.05) is 6.07 Å². The number of piperidine rings is 1. The molecule has 0 amide bonds. The van der Waals surface area contributed by atoms with Crippen LogP contribution in [0, 0.1) is 11.3 Å². The van der Waals surface area contributed by atoms with Gasteiger partial charge in [0.2, 0.25) is 0 Å². The van der Waals surface area contributed by atoms with E-state index in [4.69, 9.17) is 10.00 Å². The van der Waals surface area contributed by atoms with E-state index in [0.29, 0.717) is 18.2 Å². The van der Waals surface area contributed by atoms with Gasteiger partial charge in [-0.05, 0) is 50.1 Å². The third-order valence-electron chi connectivity index (χ3n) is 4.47. The molecule has 1 aliphatic heterocycles. The summed E-state index contributed by atoms with van der Waals surface area (Å²) in [5.41, 5.74) is 2.69. The van der Waals surface area contributed by atoms with Gasteiger partial charge in [0.25, 0.3) is 0 Å². The number of likely N-dealkylation sites (tertiary alicyclic amines) is 1. The normalized spacial score (nSPS) is 15.5. The van der Waals surface area contributed by atoms with E-state index in [0.717, 1.165) is 49.6 Å². The highest BCUT2D eigenvalue weighted by Crippen LogP contribution is 2.28. The lowest BCUT2D eigenvalue weighted by Crippen LogP contribution is -2.38. The van der Waals surface area contributed by atoms with Crippen molar-refractivity contribution in [3.8, 4) is 11.8 Å². The van der Waals surface area contributed by atoms with Crippen LogP contribution >= 0.6 is 0 Å². The standard InChI is InChI=1S/C20H24N4O/c1-2-25-20-7-6-16(14-21)13-19(20)23-17-8-11-24(12-9-17)15-18-5-3-4-10-22-18/h3-7,10,13,17,23H,2,8-9,11-12,15H2,1H3. The van der Waals surface area contributed by atoms with Crippen LogP contribution < -0.4 is 10.1 Å². The van der Waals surface area contributed by atoms with E-state index >= 15 is 0 Å². The SMILES string of the molecule is CCOc1ccc(C#N)cc1NC1CCN(Cc2ccccn2)CC1. The molecule has 1 fully saturated rings. The molecule has 2 heterocycles. The summed E-state index contributed by atoms with van der Waals surface area (Å²) in [6, 6.07) is 14.2. The van der Waals surface area contributed by atoms with E-state index in [1.807, 2.05) is 37.4 Å². The molecule has 0 bridgehead atoms. The van der Waals surface area contributed by atoms with Crippen molar-refractivity contribution < 1.29 is 4.74 Å². The number of pyridine rings is 1. The zero-order chi connectivity index (χ0) is 17.5. The Morgan fingerprint density at radius 2 is 2.12 bits per heavy atom. The molecular formula is C20H24N4O. The Kier molecular flexibility index (Phi) is 5.86. The molecule has 1 saturated heterocycles. The summed E-state index contributed by atoms with van der Waals surface area (Å²) in [7, 11) is 0. The van der Waals surface area contributed by atoms with E-state index in [9.17, 15) is 0 Å². The lowest BCUT2D eigenvalue weighted by Gasteiger charge is -2.33. The number of aromatic nitrogens is 1. The number of anilines is 1. The highest BCUT2D eigenvalue weighted by atomic mass is 16.5. The number of ether oxygens (including phenoxy) is 1. The second-order valence-corrected chi connectivity index (χ2v) is 6.27. The van der Waals surface area contributed by atoms with E-state index in [1.165, 1.54) is 0 Å². The predicted molar refractivity (Wildman–Crippen MR) is 98.5 cm³/mol. The first-order chi connectivity index (χ1) is 12.3. The van der Waals surface area contributed by atoms with Crippen molar-refractivity contribution in [1.29, 1.82) is 5.26 Å². The maximum Gasteiger partial charge on any atom is 0.142 e. The van der Waals surface area contributed by atoms with Crippen molar-refractivity contribution in [3.63, 3.8) is 0 Å².